The van der Waals surface area contributed by atoms with Gasteiger partial charge in [0.25, 0.3) is 0 Å². The second-order valence-electron chi connectivity index (χ2n) is 3.22. The van der Waals surface area contributed by atoms with Gasteiger partial charge in [-0.1, -0.05) is 0 Å². The molecule has 0 aliphatic carbocycles. The second kappa shape index (κ2) is 4.84. The monoisotopic (exact) mass is 215 g/mol. The first-order chi connectivity index (χ1) is 6.99. The molecule has 1 aromatic rings. The molecular formula is C10H11F2NO2. The van der Waals surface area contributed by atoms with Crippen molar-refractivity contribution in [2.24, 2.45) is 0 Å². The van der Waals surface area contributed by atoms with E-state index in [0.29, 0.717) is 5.56 Å². The first-order valence-corrected chi connectivity index (χ1v) is 4.40. The summed E-state index contributed by atoms with van der Waals surface area (Å²) in [6.07, 6.45) is 0. The maximum Gasteiger partial charge on any atom is 0.320 e. The zero-order chi connectivity index (χ0) is 11.4. The number of halogens is 2. The molecule has 0 saturated heterocycles. The van der Waals surface area contributed by atoms with Crippen LogP contribution in [0.3, 0.4) is 0 Å². The van der Waals surface area contributed by atoms with Gasteiger partial charge >= 0.3 is 5.97 Å². The van der Waals surface area contributed by atoms with Crippen molar-refractivity contribution >= 4 is 5.97 Å². The highest BCUT2D eigenvalue weighted by atomic mass is 19.1. The summed E-state index contributed by atoms with van der Waals surface area (Å²) in [5, 5.41) is 11.2. The van der Waals surface area contributed by atoms with Gasteiger partial charge in [0.1, 0.15) is 17.7 Å². The summed E-state index contributed by atoms with van der Waals surface area (Å²) in [6.45, 7) is 1.57. The van der Waals surface area contributed by atoms with Gasteiger partial charge < -0.3 is 10.4 Å². The summed E-state index contributed by atoms with van der Waals surface area (Å²) in [4.78, 5) is 10.4. The first-order valence-electron chi connectivity index (χ1n) is 4.40. The lowest BCUT2D eigenvalue weighted by molar-refractivity contribution is -0.139. The Morgan fingerprint density at radius 3 is 2.40 bits per heavy atom. The average Bonchev–Trinajstić information content (AvgIpc) is 2.12. The van der Waals surface area contributed by atoms with Crippen LogP contribution in [0.1, 0.15) is 12.5 Å². The third-order valence-corrected chi connectivity index (χ3v) is 1.91. The number of carbonyl (C=O) groups is 1. The van der Waals surface area contributed by atoms with Gasteiger partial charge in [-0.05, 0) is 24.6 Å². The van der Waals surface area contributed by atoms with E-state index in [9.17, 15) is 13.6 Å². The molecule has 82 valence electrons. The van der Waals surface area contributed by atoms with Crippen molar-refractivity contribution in [2.75, 3.05) is 0 Å². The zero-order valence-electron chi connectivity index (χ0n) is 8.13. The summed E-state index contributed by atoms with van der Waals surface area (Å²) in [5.41, 5.74) is 0.376. The third kappa shape index (κ3) is 3.63. The fourth-order valence-electron chi connectivity index (χ4n) is 1.07. The van der Waals surface area contributed by atoms with Gasteiger partial charge in [-0.25, -0.2) is 8.78 Å². The highest BCUT2D eigenvalue weighted by Crippen LogP contribution is 2.07. The standard InChI is InChI=1S/C10H11F2NO2/c1-6(10(14)15)13-5-7-2-8(11)4-9(12)3-7/h2-4,6,13H,5H2,1H3,(H,14,15)/t6-/m1/s1. The molecule has 0 aliphatic rings. The van der Waals surface area contributed by atoms with Gasteiger partial charge in [-0.15, -0.1) is 0 Å². The minimum atomic E-state index is -1.01. The molecule has 1 atom stereocenters. The molecular weight excluding hydrogens is 204 g/mol. The molecule has 3 nitrogen and oxygen atoms in total. The Hall–Kier alpha value is -1.49. The molecule has 1 rings (SSSR count). The second-order valence-corrected chi connectivity index (χ2v) is 3.22. The molecule has 0 aliphatic heterocycles. The van der Waals surface area contributed by atoms with Crippen molar-refractivity contribution in [3.05, 3.63) is 35.4 Å². The highest BCUT2D eigenvalue weighted by Gasteiger charge is 2.09. The van der Waals surface area contributed by atoms with E-state index in [1.165, 1.54) is 6.92 Å². The van der Waals surface area contributed by atoms with Crippen molar-refractivity contribution < 1.29 is 18.7 Å². The molecule has 0 radical (unpaired) electrons. The van der Waals surface area contributed by atoms with Crippen LogP contribution in [0.25, 0.3) is 0 Å². The van der Waals surface area contributed by atoms with Crippen LogP contribution in [-0.2, 0) is 11.3 Å². The smallest absolute Gasteiger partial charge is 0.320 e. The van der Waals surface area contributed by atoms with E-state index in [1.54, 1.807) is 0 Å². The topological polar surface area (TPSA) is 49.3 Å². The van der Waals surface area contributed by atoms with Gasteiger partial charge in [0.15, 0.2) is 0 Å². The number of nitrogens with one attached hydrogen (secondary N) is 1. The number of aliphatic carboxylic acids is 1. The summed E-state index contributed by atoms with van der Waals surface area (Å²) in [6, 6.07) is 2.33. The van der Waals surface area contributed by atoms with E-state index in [2.05, 4.69) is 5.32 Å². The molecule has 0 fully saturated rings. The quantitative estimate of drug-likeness (QED) is 0.800. The maximum absolute atomic E-state index is 12.7. The van der Waals surface area contributed by atoms with Crippen molar-refractivity contribution in [2.45, 2.75) is 19.5 Å². The van der Waals surface area contributed by atoms with Gasteiger partial charge in [-0.3, -0.25) is 4.79 Å². The van der Waals surface area contributed by atoms with E-state index < -0.39 is 23.6 Å². The number of carboxylic acids is 1. The van der Waals surface area contributed by atoms with E-state index in [0.717, 1.165) is 18.2 Å². The van der Waals surface area contributed by atoms with Crippen molar-refractivity contribution in [3.8, 4) is 0 Å². The average molecular weight is 215 g/mol. The summed E-state index contributed by atoms with van der Waals surface area (Å²) in [7, 11) is 0. The van der Waals surface area contributed by atoms with Crippen LogP contribution in [0, 0.1) is 11.6 Å². The molecule has 2 N–H and O–H groups in total. The third-order valence-electron chi connectivity index (χ3n) is 1.91. The maximum atomic E-state index is 12.7. The lowest BCUT2D eigenvalue weighted by Gasteiger charge is -2.08. The molecule has 0 bridgehead atoms. The van der Waals surface area contributed by atoms with Crippen LogP contribution in [-0.4, -0.2) is 17.1 Å². The molecule has 0 heterocycles. The van der Waals surface area contributed by atoms with Crippen LogP contribution in [0.2, 0.25) is 0 Å². The number of benzene rings is 1. The Labute approximate surface area is 85.7 Å². The largest absolute Gasteiger partial charge is 0.480 e. The molecule has 0 amide bonds. The number of rotatable bonds is 4. The highest BCUT2D eigenvalue weighted by molar-refractivity contribution is 5.72. The number of hydrogen-bond donors (Lipinski definition) is 2. The molecule has 0 spiro atoms. The summed E-state index contributed by atoms with van der Waals surface area (Å²) in [5.74, 6) is -2.35. The minimum Gasteiger partial charge on any atom is -0.480 e. The Balaban J connectivity index is 2.61. The number of carboxylic acid groups (broad SMARTS) is 1. The van der Waals surface area contributed by atoms with E-state index in [4.69, 9.17) is 5.11 Å². The van der Waals surface area contributed by atoms with Crippen LogP contribution >= 0.6 is 0 Å². The summed E-state index contributed by atoms with van der Waals surface area (Å²) < 4.78 is 25.5. The molecule has 5 heteroatoms. The molecule has 0 saturated carbocycles. The van der Waals surface area contributed by atoms with Gasteiger partial charge in [0.2, 0.25) is 0 Å². The van der Waals surface area contributed by atoms with Gasteiger partial charge in [0, 0.05) is 12.6 Å². The minimum absolute atomic E-state index is 0.113. The molecule has 0 unspecified atom stereocenters. The lowest BCUT2D eigenvalue weighted by Crippen LogP contribution is -2.33. The predicted molar refractivity (Wildman–Crippen MR) is 50.3 cm³/mol. The van der Waals surface area contributed by atoms with E-state index in [1.807, 2.05) is 0 Å². The normalized spacial score (nSPS) is 12.5. The van der Waals surface area contributed by atoms with E-state index >= 15 is 0 Å². The fraction of sp³-hybridized carbons (Fsp3) is 0.300. The van der Waals surface area contributed by atoms with Gasteiger partial charge in [0.05, 0.1) is 0 Å². The Bertz CT molecular complexity index is 348. The predicted octanol–water partition coefficient (Wildman–Crippen LogP) is 1.53. The molecule has 15 heavy (non-hydrogen) atoms. The Kier molecular flexibility index (Phi) is 3.74. The van der Waals surface area contributed by atoms with Crippen molar-refractivity contribution in [1.29, 1.82) is 0 Å². The first kappa shape index (κ1) is 11.6. The van der Waals surface area contributed by atoms with Crippen LogP contribution in [0.15, 0.2) is 18.2 Å². The molecule has 0 aromatic heterocycles. The Morgan fingerprint density at radius 1 is 1.40 bits per heavy atom. The van der Waals surface area contributed by atoms with Crippen molar-refractivity contribution in [3.63, 3.8) is 0 Å². The fourth-order valence-corrected chi connectivity index (χ4v) is 1.07. The zero-order valence-corrected chi connectivity index (χ0v) is 8.13. The van der Waals surface area contributed by atoms with Crippen LogP contribution in [0.5, 0.6) is 0 Å². The van der Waals surface area contributed by atoms with Gasteiger partial charge in [-0.2, -0.15) is 0 Å². The summed E-state index contributed by atoms with van der Waals surface area (Å²) >= 11 is 0. The molecule has 1 aromatic carbocycles. The SMILES string of the molecule is C[C@@H](NCc1cc(F)cc(F)c1)C(=O)O. The number of hydrogen-bond acceptors (Lipinski definition) is 2. The Morgan fingerprint density at radius 2 is 1.93 bits per heavy atom. The van der Waals surface area contributed by atoms with Crippen LogP contribution < -0.4 is 5.32 Å². The van der Waals surface area contributed by atoms with Crippen molar-refractivity contribution in [1.82, 2.24) is 5.32 Å². The van der Waals surface area contributed by atoms with Crippen LogP contribution in [0.4, 0.5) is 8.78 Å². The van der Waals surface area contributed by atoms with E-state index in [-0.39, 0.29) is 6.54 Å². The lowest BCUT2D eigenvalue weighted by atomic mass is 10.2.